The minimum absolute atomic E-state index is 0.0664. The zero-order valence-corrected chi connectivity index (χ0v) is 19.7. The molecule has 2 fully saturated rings. The van der Waals surface area contributed by atoms with Crippen molar-refractivity contribution in [2.45, 2.75) is 51.2 Å². The molecular weight excluding hydrogens is 496 g/mol. The number of hydrogen-bond acceptors (Lipinski definition) is 5. The number of piperidine rings is 1. The molecule has 0 bridgehead atoms. The molecule has 0 spiro atoms. The second-order valence-electron chi connectivity index (χ2n) is 9.27. The van der Waals surface area contributed by atoms with Crippen LogP contribution in [0.15, 0.2) is 18.2 Å². The summed E-state index contributed by atoms with van der Waals surface area (Å²) < 4.78 is 79.9. The van der Waals surface area contributed by atoms with Gasteiger partial charge in [-0.15, -0.1) is 0 Å². The number of aryl methyl sites for hydroxylation is 1. The number of piperazine rings is 1. The van der Waals surface area contributed by atoms with Crippen LogP contribution in [0.25, 0.3) is 0 Å². The van der Waals surface area contributed by atoms with Crippen molar-refractivity contribution in [1.82, 2.24) is 9.80 Å². The second kappa shape index (κ2) is 11.1. The summed E-state index contributed by atoms with van der Waals surface area (Å²) in [5.41, 5.74) is 3.07. The van der Waals surface area contributed by atoms with Crippen molar-refractivity contribution >= 4 is 17.7 Å². The van der Waals surface area contributed by atoms with Gasteiger partial charge in [-0.25, -0.2) is 4.79 Å². The number of ether oxygens (including phenoxy) is 1. The van der Waals surface area contributed by atoms with Crippen LogP contribution < -0.4 is 4.90 Å². The summed E-state index contributed by atoms with van der Waals surface area (Å²) in [6.07, 6.45) is -15.6. The Bertz CT molecular complexity index is 909. The van der Waals surface area contributed by atoms with Gasteiger partial charge >= 0.3 is 24.4 Å². The Morgan fingerprint density at radius 3 is 2.11 bits per heavy atom. The molecule has 0 aliphatic carbocycles. The fourth-order valence-corrected chi connectivity index (χ4v) is 4.55. The molecule has 2 saturated heterocycles. The number of hydrogen-bond donors (Lipinski definition) is 1. The number of benzene rings is 1. The summed E-state index contributed by atoms with van der Waals surface area (Å²) in [7, 11) is 0. The predicted octanol–water partition coefficient (Wildman–Crippen LogP) is 4.43. The zero-order valence-electron chi connectivity index (χ0n) is 19.7. The minimum Gasteiger partial charge on any atom is -0.481 e. The van der Waals surface area contributed by atoms with Gasteiger partial charge in [-0.3, -0.25) is 9.69 Å². The van der Waals surface area contributed by atoms with E-state index in [2.05, 4.69) is 15.7 Å². The van der Waals surface area contributed by atoms with E-state index in [9.17, 15) is 35.9 Å². The summed E-state index contributed by atoms with van der Waals surface area (Å²) in [6.45, 7) is 4.26. The minimum atomic E-state index is -5.75. The largest absolute Gasteiger partial charge is 0.481 e. The lowest BCUT2D eigenvalue weighted by Crippen LogP contribution is -2.52. The van der Waals surface area contributed by atoms with E-state index in [4.69, 9.17) is 5.11 Å². The van der Waals surface area contributed by atoms with Crippen molar-refractivity contribution in [2.24, 2.45) is 5.92 Å². The average Bonchev–Trinajstić information content (AvgIpc) is 2.77. The molecule has 1 aromatic carbocycles. The van der Waals surface area contributed by atoms with E-state index in [-0.39, 0.29) is 38.5 Å². The SMILES string of the molecule is Cc1ccc(CN2CCN(C(=O)OC(C(F)(F)F)C(F)(F)F)CC2)c(N2CCC(CC(=O)O)CC2)c1. The molecule has 7 nitrogen and oxygen atoms in total. The van der Waals surface area contributed by atoms with Crippen LogP contribution in [-0.4, -0.2) is 84.7 Å². The Balaban J connectivity index is 1.58. The highest BCUT2D eigenvalue weighted by Gasteiger charge is 2.60. The molecule has 0 saturated carbocycles. The summed E-state index contributed by atoms with van der Waals surface area (Å²) in [5.74, 6) is -0.672. The topological polar surface area (TPSA) is 73.3 Å². The molecule has 0 aromatic heterocycles. The van der Waals surface area contributed by atoms with Gasteiger partial charge in [0.05, 0.1) is 0 Å². The van der Waals surface area contributed by atoms with Crippen LogP contribution in [0.2, 0.25) is 0 Å². The van der Waals surface area contributed by atoms with E-state index in [0.717, 1.165) is 34.6 Å². The molecule has 1 amide bonds. The van der Waals surface area contributed by atoms with Gasteiger partial charge in [0, 0.05) is 57.9 Å². The highest BCUT2D eigenvalue weighted by atomic mass is 19.4. The molecule has 202 valence electrons. The maximum atomic E-state index is 12.7. The fourth-order valence-electron chi connectivity index (χ4n) is 4.55. The standard InChI is InChI=1S/C23H29F6N3O4/c1-15-2-3-17(18(12-15)31-6-4-16(5-7-31)13-19(33)34)14-30-8-10-32(11-9-30)21(35)36-20(22(24,25)26)23(27,28)29/h2-3,12,16,20H,4-11,13-14H2,1H3,(H,33,34). The van der Waals surface area contributed by atoms with Gasteiger partial charge < -0.3 is 19.6 Å². The molecule has 13 heteroatoms. The third-order valence-corrected chi connectivity index (χ3v) is 6.50. The molecule has 0 radical (unpaired) electrons. The van der Waals surface area contributed by atoms with Crippen molar-refractivity contribution < 1.29 is 45.8 Å². The van der Waals surface area contributed by atoms with E-state index in [1.165, 1.54) is 0 Å². The molecule has 0 atom stereocenters. The Labute approximate surface area is 204 Å². The van der Waals surface area contributed by atoms with Gasteiger partial charge in [0.2, 0.25) is 0 Å². The van der Waals surface area contributed by atoms with Crippen LogP contribution in [0.5, 0.6) is 0 Å². The Kier molecular flexibility index (Phi) is 8.63. The number of alkyl halides is 6. The van der Waals surface area contributed by atoms with Crippen LogP contribution in [-0.2, 0) is 16.1 Å². The first-order chi connectivity index (χ1) is 16.7. The van der Waals surface area contributed by atoms with Crippen LogP contribution >= 0.6 is 0 Å². The third-order valence-electron chi connectivity index (χ3n) is 6.50. The molecule has 2 aliphatic heterocycles. The normalized spacial score (nSPS) is 18.6. The molecule has 2 aliphatic rings. The molecule has 1 N–H and O–H groups in total. The lowest BCUT2D eigenvalue weighted by Gasteiger charge is -2.37. The molecular formula is C23H29F6N3O4. The molecule has 1 aromatic rings. The van der Waals surface area contributed by atoms with Gasteiger partial charge in [0.25, 0.3) is 6.10 Å². The maximum absolute atomic E-state index is 12.7. The summed E-state index contributed by atoms with van der Waals surface area (Å²) in [5, 5.41) is 9.03. The number of amides is 1. The monoisotopic (exact) mass is 525 g/mol. The van der Waals surface area contributed by atoms with E-state index in [1.807, 2.05) is 24.0 Å². The highest BCUT2D eigenvalue weighted by molar-refractivity contribution is 5.68. The van der Waals surface area contributed by atoms with E-state index in [0.29, 0.717) is 19.6 Å². The molecule has 36 heavy (non-hydrogen) atoms. The van der Waals surface area contributed by atoms with Crippen molar-refractivity contribution in [3.8, 4) is 0 Å². The Morgan fingerprint density at radius 2 is 1.58 bits per heavy atom. The van der Waals surface area contributed by atoms with Gasteiger partial charge in [0.1, 0.15) is 0 Å². The Hall–Kier alpha value is -2.70. The lowest BCUT2D eigenvalue weighted by atomic mass is 9.92. The number of carboxylic acids is 1. The lowest BCUT2D eigenvalue weighted by molar-refractivity contribution is -0.308. The number of rotatable bonds is 6. The Morgan fingerprint density at radius 1 is 1.00 bits per heavy atom. The number of anilines is 1. The zero-order chi connectivity index (χ0) is 26.7. The summed E-state index contributed by atoms with van der Waals surface area (Å²) in [4.78, 5) is 28.0. The van der Waals surface area contributed by atoms with Crippen LogP contribution in [0.4, 0.5) is 36.8 Å². The number of carboxylic acid groups (broad SMARTS) is 1. The molecule has 3 rings (SSSR count). The first kappa shape index (κ1) is 27.9. The fraction of sp³-hybridized carbons (Fsp3) is 0.652. The molecule has 2 heterocycles. The first-order valence-electron chi connectivity index (χ1n) is 11.6. The predicted molar refractivity (Wildman–Crippen MR) is 118 cm³/mol. The number of nitrogens with zero attached hydrogens (tertiary/aromatic N) is 3. The average molecular weight is 525 g/mol. The van der Waals surface area contributed by atoms with Gasteiger partial charge in [-0.05, 0) is 42.9 Å². The smallest absolute Gasteiger partial charge is 0.434 e. The van der Waals surface area contributed by atoms with Crippen molar-refractivity contribution in [3.63, 3.8) is 0 Å². The number of aliphatic carboxylic acids is 1. The van der Waals surface area contributed by atoms with E-state index >= 15 is 0 Å². The number of halogens is 6. The second-order valence-corrected chi connectivity index (χ2v) is 9.27. The number of carbonyl (C=O) groups excluding carboxylic acids is 1. The summed E-state index contributed by atoms with van der Waals surface area (Å²) >= 11 is 0. The van der Waals surface area contributed by atoms with Gasteiger partial charge in [0.15, 0.2) is 0 Å². The van der Waals surface area contributed by atoms with Crippen molar-refractivity contribution in [1.29, 1.82) is 0 Å². The van der Waals surface area contributed by atoms with E-state index in [1.54, 1.807) is 0 Å². The third kappa shape index (κ3) is 7.40. The van der Waals surface area contributed by atoms with Gasteiger partial charge in [-0.2, -0.15) is 26.3 Å². The first-order valence-corrected chi connectivity index (χ1v) is 11.6. The van der Waals surface area contributed by atoms with Crippen LogP contribution in [0, 0.1) is 12.8 Å². The van der Waals surface area contributed by atoms with Crippen LogP contribution in [0.1, 0.15) is 30.4 Å². The maximum Gasteiger partial charge on any atom is 0.434 e. The highest BCUT2D eigenvalue weighted by Crippen LogP contribution is 2.36. The summed E-state index contributed by atoms with van der Waals surface area (Å²) in [6, 6.07) is 5.98. The van der Waals surface area contributed by atoms with Crippen molar-refractivity contribution in [2.75, 3.05) is 44.2 Å². The number of carbonyl (C=O) groups is 2. The quantitative estimate of drug-likeness (QED) is 0.554. The van der Waals surface area contributed by atoms with Crippen LogP contribution in [0.3, 0.4) is 0 Å². The molecule has 0 unspecified atom stereocenters. The van der Waals surface area contributed by atoms with Crippen molar-refractivity contribution in [3.05, 3.63) is 29.3 Å². The van der Waals surface area contributed by atoms with E-state index < -0.39 is 30.5 Å². The van der Waals surface area contributed by atoms with Gasteiger partial charge in [-0.1, -0.05) is 12.1 Å².